The fourth-order valence-corrected chi connectivity index (χ4v) is 2.75. The highest BCUT2D eigenvalue weighted by Gasteiger charge is 2.14. The Kier molecular flexibility index (Phi) is 18.2. The van der Waals surface area contributed by atoms with Gasteiger partial charge in [0.25, 0.3) is 0 Å². The molecule has 0 amide bonds. The molecule has 0 aromatic carbocycles. The van der Waals surface area contributed by atoms with Crippen LogP contribution in [0.15, 0.2) is 0 Å². The van der Waals surface area contributed by atoms with Crippen LogP contribution in [0.3, 0.4) is 0 Å². The van der Waals surface area contributed by atoms with E-state index in [2.05, 4.69) is 22.9 Å². The van der Waals surface area contributed by atoms with Crippen molar-refractivity contribution in [3.05, 3.63) is 0 Å². The fraction of sp³-hybridized carbons (Fsp3) is 0.947. The lowest BCUT2D eigenvalue weighted by molar-refractivity contribution is -0.150. The minimum Gasteiger partial charge on any atom is -0.465 e. The van der Waals surface area contributed by atoms with E-state index < -0.39 is 0 Å². The van der Waals surface area contributed by atoms with Crippen LogP contribution in [0.4, 0.5) is 0 Å². The number of rotatable bonds is 17. The minimum atomic E-state index is -0.153. The lowest BCUT2D eigenvalue weighted by atomic mass is 10.1. The van der Waals surface area contributed by atoms with Crippen LogP contribution in [0.5, 0.6) is 0 Å². The van der Waals surface area contributed by atoms with Gasteiger partial charge in [0.1, 0.15) is 0 Å². The highest BCUT2D eigenvalue weighted by Crippen LogP contribution is 2.09. The van der Waals surface area contributed by atoms with Gasteiger partial charge in [-0.15, -0.1) is 0 Å². The summed E-state index contributed by atoms with van der Waals surface area (Å²) in [4.78, 5) is 11.8. The Bertz CT molecular complexity index is 259. The summed E-state index contributed by atoms with van der Waals surface area (Å²) >= 11 is 3.39. The number of carbonyl (C=O) groups is 1. The monoisotopic (exact) mass is 392 g/mol. The van der Waals surface area contributed by atoms with E-state index in [9.17, 15) is 4.79 Å². The molecule has 0 aliphatic rings. The van der Waals surface area contributed by atoms with Gasteiger partial charge in [-0.05, 0) is 32.6 Å². The fourth-order valence-electron chi connectivity index (χ4n) is 2.35. The number of alkyl halides is 1. The molecule has 4 heteroatoms. The molecule has 23 heavy (non-hydrogen) atoms. The summed E-state index contributed by atoms with van der Waals surface area (Å²) in [6.07, 6.45) is 13.6. The molecule has 1 unspecified atom stereocenters. The zero-order valence-corrected chi connectivity index (χ0v) is 16.9. The van der Waals surface area contributed by atoms with Crippen LogP contribution >= 0.6 is 15.9 Å². The molecule has 0 radical (unpaired) electrons. The Morgan fingerprint density at radius 1 is 0.870 bits per heavy atom. The second-order valence-electron chi connectivity index (χ2n) is 6.37. The first-order valence-electron chi connectivity index (χ1n) is 9.52. The Balaban J connectivity index is 3.31. The van der Waals surface area contributed by atoms with E-state index in [4.69, 9.17) is 9.47 Å². The Morgan fingerprint density at radius 3 is 2.09 bits per heavy atom. The molecule has 0 aromatic rings. The molecule has 0 saturated carbocycles. The number of hydrogen-bond acceptors (Lipinski definition) is 3. The molecule has 0 rings (SSSR count). The first kappa shape index (κ1) is 22.9. The molecule has 0 bridgehead atoms. The lowest BCUT2D eigenvalue weighted by Gasteiger charge is -2.12. The molecule has 1 atom stereocenters. The third-order valence-electron chi connectivity index (χ3n) is 3.93. The van der Waals surface area contributed by atoms with Gasteiger partial charge < -0.3 is 9.47 Å². The summed E-state index contributed by atoms with van der Waals surface area (Å²) in [6, 6.07) is 0. The maximum atomic E-state index is 11.8. The number of esters is 1. The second-order valence-corrected chi connectivity index (χ2v) is 7.16. The van der Waals surface area contributed by atoms with Gasteiger partial charge in [-0.2, -0.15) is 0 Å². The number of halogens is 1. The van der Waals surface area contributed by atoms with E-state index in [1.165, 1.54) is 44.9 Å². The average Bonchev–Trinajstić information content (AvgIpc) is 2.56. The zero-order chi connectivity index (χ0) is 17.2. The summed E-state index contributed by atoms with van der Waals surface area (Å²) in [5.41, 5.74) is 0. The predicted octanol–water partition coefficient (Wildman–Crippen LogP) is 5.89. The van der Waals surface area contributed by atoms with Gasteiger partial charge in [0.05, 0.1) is 19.1 Å². The summed E-state index contributed by atoms with van der Waals surface area (Å²) in [7, 11) is 0. The number of unbranched alkanes of at least 4 members (excludes halogenated alkanes) is 9. The van der Waals surface area contributed by atoms with Crippen molar-refractivity contribution >= 4 is 21.9 Å². The van der Waals surface area contributed by atoms with Crippen LogP contribution in [0, 0.1) is 5.92 Å². The zero-order valence-electron chi connectivity index (χ0n) is 15.3. The van der Waals surface area contributed by atoms with Crippen molar-refractivity contribution < 1.29 is 14.3 Å². The molecule has 138 valence electrons. The number of hydrogen-bond donors (Lipinski definition) is 0. The van der Waals surface area contributed by atoms with Crippen molar-refractivity contribution in [2.45, 2.75) is 84.5 Å². The molecule has 0 N–H and O–H groups in total. The Morgan fingerprint density at radius 2 is 1.43 bits per heavy atom. The van der Waals surface area contributed by atoms with E-state index >= 15 is 0 Å². The van der Waals surface area contributed by atoms with Crippen molar-refractivity contribution in [3.63, 3.8) is 0 Å². The van der Waals surface area contributed by atoms with Gasteiger partial charge in [-0.1, -0.05) is 67.8 Å². The van der Waals surface area contributed by atoms with Crippen molar-refractivity contribution in [2.24, 2.45) is 5.92 Å². The summed E-state index contributed by atoms with van der Waals surface area (Å²) in [5, 5.41) is 1.02. The van der Waals surface area contributed by atoms with Gasteiger partial charge in [0.15, 0.2) is 0 Å². The normalized spacial score (nSPS) is 12.3. The van der Waals surface area contributed by atoms with Crippen LogP contribution in [0.1, 0.15) is 84.5 Å². The molecule has 0 spiro atoms. The van der Waals surface area contributed by atoms with Gasteiger partial charge in [0.2, 0.25) is 0 Å². The molecule has 0 aliphatic carbocycles. The van der Waals surface area contributed by atoms with E-state index in [-0.39, 0.29) is 11.9 Å². The molecule has 0 aromatic heterocycles. The second kappa shape index (κ2) is 18.3. The van der Waals surface area contributed by atoms with Crippen molar-refractivity contribution in [2.75, 3.05) is 25.2 Å². The van der Waals surface area contributed by atoms with E-state index in [0.717, 1.165) is 37.6 Å². The summed E-state index contributed by atoms with van der Waals surface area (Å²) in [5.74, 6) is -0.278. The SMILES string of the molecule is CCCCCCCCCCOCC(C)C(=O)OCCCCCBr. The third-order valence-corrected chi connectivity index (χ3v) is 4.50. The van der Waals surface area contributed by atoms with Crippen LogP contribution in [0.25, 0.3) is 0 Å². The summed E-state index contributed by atoms with van der Waals surface area (Å²) in [6.45, 7) is 5.91. The quantitative estimate of drug-likeness (QED) is 0.176. The smallest absolute Gasteiger partial charge is 0.310 e. The summed E-state index contributed by atoms with van der Waals surface area (Å²) < 4.78 is 10.9. The van der Waals surface area contributed by atoms with E-state index in [1.807, 2.05) is 6.92 Å². The predicted molar refractivity (Wildman–Crippen MR) is 101 cm³/mol. The van der Waals surface area contributed by atoms with Gasteiger partial charge >= 0.3 is 5.97 Å². The van der Waals surface area contributed by atoms with Crippen LogP contribution in [-0.4, -0.2) is 31.1 Å². The maximum absolute atomic E-state index is 11.8. The van der Waals surface area contributed by atoms with Crippen molar-refractivity contribution in [3.8, 4) is 0 Å². The number of carbonyl (C=O) groups excluding carboxylic acids is 1. The molecule has 0 saturated heterocycles. The first-order chi connectivity index (χ1) is 11.2. The maximum Gasteiger partial charge on any atom is 0.310 e. The van der Waals surface area contributed by atoms with E-state index in [1.54, 1.807) is 0 Å². The first-order valence-corrected chi connectivity index (χ1v) is 10.6. The number of ether oxygens (including phenoxy) is 2. The third kappa shape index (κ3) is 16.5. The molecule has 0 heterocycles. The van der Waals surface area contributed by atoms with Crippen LogP contribution in [0.2, 0.25) is 0 Å². The van der Waals surface area contributed by atoms with E-state index in [0.29, 0.717) is 13.2 Å². The molecular formula is C19H37BrO3. The van der Waals surface area contributed by atoms with Crippen molar-refractivity contribution in [1.29, 1.82) is 0 Å². The largest absolute Gasteiger partial charge is 0.465 e. The topological polar surface area (TPSA) is 35.5 Å². The van der Waals surface area contributed by atoms with Crippen LogP contribution in [-0.2, 0) is 14.3 Å². The Labute approximate surface area is 152 Å². The molecule has 0 fully saturated rings. The highest BCUT2D eigenvalue weighted by molar-refractivity contribution is 9.09. The van der Waals surface area contributed by atoms with Gasteiger partial charge in [-0.25, -0.2) is 0 Å². The highest BCUT2D eigenvalue weighted by atomic mass is 79.9. The standard InChI is InChI=1S/C19H37BrO3/c1-3-4-5-6-7-8-9-12-15-22-17-18(2)19(21)23-16-13-10-11-14-20/h18H,3-17H2,1-2H3. The molecular weight excluding hydrogens is 356 g/mol. The van der Waals surface area contributed by atoms with Gasteiger partial charge in [-0.3, -0.25) is 4.79 Å². The minimum absolute atomic E-state index is 0.125. The van der Waals surface area contributed by atoms with Gasteiger partial charge in [0, 0.05) is 11.9 Å². The Hall–Kier alpha value is -0.0900. The molecule has 0 aliphatic heterocycles. The van der Waals surface area contributed by atoms with Crippen molar-refractivity contribution in [1.82, 2.24) is 0 Å². The lowest BCUT2D eigenvalue weighted by Crippen LogP contribution is -2.20. The average molecular weight is 393 g/mol. The molecule has 3 nitrogen and oxygen atoms in total. The van der Waals surface area contributed by atoms with Crippen LogP contribution < -0.4 is 0 Å².